The van der Waals surface area contributed by atoms with Gasteiger partial charge in [-0.15, -0.1) is 0 Å². The van der Waals surface area contributed by atoms with Crippen molar-refractivity contribution in [2.24, 2.45) is 5.92 Å². The smallest absolute Gasteiger partial charge is 0.226 e. The van der Waals surface area contributed by atoms with Crippen molar-refractivity contribution in [3.05, 3.63) is 28.8 Å². The molecule has 0 bridgehead atoms. The summed E-state index contributed by atoms with van der Waals surface area (Å²) in [6, 6.07) is 5.48. The van der Waals surface area contributed by atoms with E-state index in [-0.39, 0.29) is 11.7 Å². The second-order valence-electron chi connectivity index (χ2n) is 6.29. The molecule has 1 aliphatic heterocycles. The van der Waals surface area contributed by atoms with Gasteiger partial charge in [0.1, 0.15) is 5.75 Å². The lowest BCUT2D eigenvalue weighted by molar-refractivity contribution is -0.133. The van der Waals surface area contributed by atoms with Crippen LogP contribution < -0.4 is 0 Å². The van der Waals surface area contributed by atoms with Gasteiger partial charge in [0.05, 0.1) is 0 Å². The number of benzene rings is 1. The number of carbonyl (C=O) groups excluding carboxylic acids is 1. The number of halogens is 1. The summed E-state index contributed by atoms with van der Waals surface area (Å²) in [5, 5.41) is 9.96. The lowest BCUT2D eigenvalue weighted by atomic mass is 9.94. The third-order valence-corrected chi connectivity index (χ3v) is 5.22. The zero-order valence-corrected chi connectivity index (χ0v) is 13.0. The summed E-state index contributed by atoms with van der Waals surface area (Å²) >= 11 is 6.16. The van der Waals surface area contributed by atoms with E-state index < -0.39 is 0 Å². The maximum Gasteiger partial charge on any atom is 0.226 e. The van der Waals surface area contributed by atoms with Gasteiger partial charge in [-0.3, -0.25) is 4.79 Å². The first kappa shape index (κ1) is 14.7. The van der Waals surface area contributed by atoms with Crippen molar-refractivity contribution in [2.45, 2.75) is 51.0 Å². The van der Waals surface area contributed by atoms with Crippen LogP contribution in [0.2, 0.25) is 5.02 Å². The summed E-state index contributed by atoms with van der Waals surface area (Å²) in [5.74, 6) is 0.519. The minimum atomic E-state index is 0.0500. The van der Waals surface area contributed by atoms with Crippen LogP contribution in [0.15, 0.2) is 18.2 Å². The van der Waals surface area contributed by atoms with Crippen LogP contribution in [0.4, 0.5) is 0 Å². The van der Waals surface area contributed by atoms with E-state index in [1.165, 1.54) is 32.1 Å². The lowest BCUT2D eigenvalue weighted by Crippen LogP contribution is -2.39. The molecule has 3 nitrogen and oxygen atoms in total. The normalized spacial score (nSPS) is 23.8. The summed E-state index contributed by atoms with van der Waals surface area (Å²) in [4.78, 5) is 14.7. The lowest BCUT2D eigenvalue weighted by Gasteiger charge is -2.31. The van der Waals surface area contributed by atoms with Crippen molar-refractivity contribution in [2.75, 3.05) is 6.54 Å². The zero-order chi connectivity index (χ0) is 14.8. The van der Waals surface area contributed by atoms with Crippen LogP contribution >= 0.6 is 11.6 Å². The number of amides is 1. The molecule has 1 atom stereocenters. The van der Waals surface area contributed by atoms with Crippen LogP contribution in [0.5, 0.6) is 5.75 Å². The monoisotopic (exact) mass is 307 g/mol. The van der Waals surface area contributed by atoms with Crippen LogP contribution in [0.1, 0.15) is 44.1 Å². The number of phenols is 1. The zero-order valence-electron chi connectivity index (χ0n) is 12.2. The number of phenolic OH excluding ortho intramolecular Hbond substituents is 1. The van der Waals surface area contributed by atoms with E-state index in [1.807, 2.05) is 6.07 Å². The molecule has 1 aromatic rings. The Kier molecular flexibility index (Phi) is 4.39. The largest absolute Gasteiger partial charge is 0.508 e. The summed E-state index contributed by atoms with van der Waals surface area (Å²) in [6.07, 6.45) is 7.75. The molecule has 1 N–H and O–H groups in total. The quantitative estimate of drug-likeness (QED) is 0.923. The van der Waals surface area contributed by atoms with E-state index in [0.29, 0.717) is 23.4 Å². The van der Waals surface area contributed by atoms with Gasteiger partial charge in [0.2, 0.25) is 5.91 Å². The van der Waals surface area contributed by atoms with E-state index in [0.717, 1.165) is 18.5 Å². The van der Waals surface area contributed by atoms with Crippen molar-refractivity contribution in [1.29, 1.82) is 0 Å². The first-order valence-electron chi connectivity index (χ1n) is 7.93. The van der Waals surface area contributed by atoms with Gasteiger partial charge in [-0.05, 0) is 43.4 Å². The molecule has 0 spiro atoms. The summed E-state index contributed by atoms with van der Waals surface area (Å²) in [5.41, 5.74) is 0.957. The van der Waals surface area contributed by atoms with Gasteiger partial charge in [-0.2, -0.15) is 0 Å². The highest BCUT2D eigenvalue weighted by atomic mass is 35.5. The topological polar surface area (TPSA) is 40.5 Å². The minimum absolute atomic E-state index is 0.0500. The van der Waals surface area contributed by atoms with E-state index >= 15 is 0 Å². The molecular formula is C17H22ClNO2. The van der Waals surface area contributed by atoms with Crippen LogP contribution in [0, 0.1) is 5.92 Å². The second-order valence-corrected chi connectivity index (χ2v) is 6.70. The molecule has 4 heteroatoms. The average molecular weight is 308 g/mol. The highest BCUT2D eigenvalue weighted by molar-refractivity contribution is 6.31. The van der Waals surface area contributed by atoms with Gasteiger partial charge < -0.3 is 10.0 Å². The van der Waals surface area contributed by atoms with Gasteiger partial charge in [0.25, 0.3) is 0 Å². The van der Waals surface area contributed by atoms with Gasteiger partial charge in [-0.1, -0.05) is 36.9 Å². The summed E-state index contributed by atoms with van der Waals surface area (Å²) in [7, 11) is 0. The molecule has 2 fully saturated rings. The fourth-order valence-electron chi connectivity index (χ4n) is 3.67. The van der Waals surface area contributed by atoms with Crippen molar-refractivity contribution in [3.8, 4) is 5.75 Å². The first-order valence-corrected chi connectivity index (χ1v) is 8.31. The fourth-order valence-corrected chi connectivity index (χ4v) is 3.93. The molecule has 1 saturated heterocycles. The molecule has 1 saturated carbocycles. The van der Waals surface area contributed by atoms with Crippen molar-refractivity contribution in [3.63, 3.8) is 0 Å². The Morgan fingerprint density at radius 1 is 1.19 bits per heavy atom. The van der Waals surface area contributed by atoms with Crippen molar-refractivity contribution < 1.29 is 9.90 Å². The van der Waals surface area contributed by atoms with Crippen molar-refractivity contribution in [1.82, 2.24) is 4.90 Å². The van der Waals surface area contributed by atoms with E-state index in [1.54, 1.807) is 12.1 Å². The Balaban J connectivity index is 1.66. The maximum absolute atomic E-state index is 12.6. The van der Waals surface area contributed by atoms with E-state index in [2.05, 4.69) is 4.90 Å². The SMILES string of the molecule is O=C1C(Cc2ccc(O)cc2Cl)CCN1C1CCCCC1. The molecule has 0 aromatic heterocycles. The number of rotatable bonds is 3. The van der Waals surface area contributed by atoms with Crippen molar-refractivity contribution >= 4 is 17.5 Å². The van der Waals surface area contributed by atoms with Crippen LogP contribution in [0.3, 0.4) is 0 Å². The molecule has 0 radical (unpaired) electrons. The molecule has 3 rings (SSSR count). The Hall–Kier alpha value is -1.22. The molecule has 1 heterocycles. The highest BCUT2D eigenvalue weighted by Gasteiger charge is 2.36. The number of carbonyl (C=O) groups is 1. The molecule has 114 valence electrons. The molecule has 1 aliphatic carbocycles. The predicted molar refractivity (Wildman–Crippen MR) is 83.5 cm³/mol. The molecule has 21 heavy (non-hydrogen) atoms. The average Bonchev–Trinajstić information content (AvgIpc) is 2.84. The minimum Gasteiger partial charge on any atom is -0.508 e. The number of hydrogen-bond acceptors (Lipinski definition) is 2. The maximum atomic E-state index is 12.6. The van der Waals surface area contributed by atoms with Crippen LogP contribution in [-0.2, 0) is 11.2 Å². The number of nitrogens with zero attached hydrogens (tertiary/aromatic N) is 1. The van der Waals surface area contributed by atoms with Crippen LogP contribution in [0.25, 0.3) is 0 Å². The number of hydrogen-bond donors (Lipinski definition) is 1. The van der Waals surface area contributed by atoms with Crippen LogP contribution in [-0.4, -0.2) is 28.5 Å². The summed E-state index contributed by atoms with van der Waals surface area (Å²) < 4.78 is 0. The fraction of sp³-hybridized carbons (Fsp3) is 0.588. The molecule has 1 unspecified atom stereocenters. The molecular weight excluding hydrogens is 286 g/mol. The third kappa shape index (κ3) is 3.18. The van der Waals surface area contributed by atoms with Gasteiger partial charge >= 0.3 is 0 Å². The van der Waals surface area contributed by atoms with Gasteiger partial charge in [0.15, 0.2) is 0 Å². The molecule has 1 aromatic carbocycles. The second kappa shape index (κ2) is 6.27. The number of likely N-dealkylation sites (tertiary alicyclic amines) is 1. The Morgan fingerprint density at radius 2 is 1.95 bits per heavy atom. The van der Waals surface area contributed by atoms with Gasteiger partial charge in [0, 0.05) is 23.5 Å². The predicted octanol–water partition coefficient (Wildman–Crippen LogP) is 3.77. The third-order valence-electron chi connectivity index (χ3n) is 4.87. The van der Waals surface area contributed by atoms with E-state index in [4.69, 9.17) is 11.6 Å². The standard InChI is InChI=1S/C17H22ClNO2/c18-16-11-15(20)7-6-12(16)10-13-8-9-19(17(13)21)14-4-2-1-3-5-14/h6-7,11,13-14,20H,1-5,8-10H2. The number of aromatic hydroxyl groups is 1. The highest BCUT2D eigenvalue weighted by Crippen LogP contribution is 2.32. The Bertz CT molecular complexity index is 526. The first-order chi connectivity index (χ1) is 10.1. The summed E-state index contributed by atoms with van der Waals surface area (Å²) in [6.45, 7) is 0.893. The Labute approximate surface area is 130 Å². The Morgan fingerprint density at radius 3 is 2.67 bits per heavy atom. The molecule has 1 amide bonds. The van der Waals surface area contributed by atoms with Gasteiger partial charge in [-0.25, -0.2) is 0 Å². The molecule has 2 aliphatic rings. The van der Waals surface area contributed by atoms with E-state index in [9.17, 15) is 9.90 Å².